The first-order valence-corrected chi connectivity index (χ1v) is 6.91. The molecule has 1 atom stereocenters. The van der Waals surface area contributed by atoms with E-state index in [2.05, 4.69) is 25.2 Å². The number of carbonyl (C=O) groups is 1. The van der Waals surface area contributed by atoms with Crippen LogP contribution in [0, 0.1) is 13.8 Å². The highest BCUT2D eigenvalue weighted by molar-refractivity contribution is 7.12. The summed E-state index contributed by atoms with van der Waals surface area (Å²) in [4.78, 5) is 14.6. The van der Waals surface area contributed by atoms with Gasteiger partial charge in [-0.15, -0.1) is 23.7 Å². The first-order chi connectivity index (χ1) is 7.92. The highest BCUT2D eigenvalue weighted by Gasteiger charge is 2.40. The van der Waals surface area contributed by atoms with Crippen LogP contribution in [0.1, 0.15) is 47.5 Å². The molecule has 1 amide bonds. The van der Waals surface area contributed by atoms with Gasteiger partial charge in [-0.05, 0) is 51.7 Å². The van der Waals surface area contributed by atoms with Crippen molar-refractivity contribution in [3.8, 4) is 0 Å². The number of amides is 1. The SMILES string of the molecule is Cc1cc(C(C)NC(=O)C2(N)CCC2)c(C)s1.Cl. The van der Waals surface area contributed by atoms with Gasteiger partial charge >= 0.3 is 0 Å². The summed E-state index contributed by atoms with van der Waals surface area (Å²) in [7, 11) is 0. The van der Waals surface area contributed by atoms with E-state index in [-0.39, 0.29) is 24.4 Å². The second-order valence-electron chi connectivity index (χ2n) is 5.07. The van der Waals surface area contributed by atoms with Crippen molar-refractivity contribution >= 4 is 29.7 Å². The van der Waals surface area contributed by atoms with Crippen molar-refractivity contribution in [2.45, 2.75) is 51.6 Å². The van der Waals surface area contributed by atoms with Gasteiger partial charge in [0.2, 0.25) is 5.91 Å². The number of halogens is 1. The van der Waals surface area contributed by atoms with Crippen LogP contribution in [0.2, 0.25) is 0 Å². The molecule has 1 fully saturated rings. The fourth-order valence-electron chi connectivity index (χ4n) is 2.28. The number of hydrogen-bond acceptors (Lipinski definition) is 3. The Balaban J connectivity index is 0.00000162. The van der Waals surface area contributed by atoms with Gasteiger partial charge in [-0.25, -0.2) is 0 Å². The first kappa shape index (κ1) is 15.5. The Bertz CT molecular complexity index is 440. The molecule has 0 spiro atoms. The summed E-state index contributed by atoms with van der Waals surface area (Å²) >= 11 is 1.77. The Labute approximate surface area is 119 Å². The Morgan fingerprint density at radius 1 is 1.50 bits per heavy atom. The summed E-state index contributed by atoms with van der Waals surface area (Å²) in [5.74, 6) is -0.000460. The Kier molecular flexibility index (Phi) is 4.81. The fraction of sp³-hybridized carbons (Fsp3) is 0.615. The second kappa shape index (κ2) is 5.59. The summed E-state index contributed by atoms with van der Waals surface area (Å²) in [6.07, 6.45) is 2.69. The molecule has 1 aromatic rings. The maximum atomic E-state index is 12.0. The molecular formula is C13H21ClN2OS. The van der Waals surface area contributed by atoms with Crippen molar-refractivity contribution in [2.75, 3.05) is 0 Å². The van der Waals surface area contributed by atoms with Crippen LogP contribution in [0.5, 0.6) is 0 Å². The van der Waals surface area contributed by atoms with Gasteiger partial charge in [0.1, 0.15) is 0 Å². The third-order valence-corrected chi connectivity index (χ3v) is 4.57. The van der Waals surface area contributed by atoms with Gasteiger partial charge in [0, 0.05) is 9.75 Å². The minimum Gasteiger partial charge on any atom is -0.348 e. The molecule has 1 unspecified atom stereocenters. The summed E-state index contributed by atoms with van der Waals surface area (Å²) in [6.45, 7) is 6.21. The predicted octanol–water partition coefficient (Wildman–Crippen LogP) is 2.85. The third-order valence-electron chi connectivity index (χ3n) is 3.59. The number of rotatable bonds is 3. The smallest absolute Gasteiger partial charge is 0.240 e. The summed E-state index contributed by atoms with van der Waals surface area (Å²) in [5.41, 5.74) is 6.61. The van der Waals surface area contributed by atoms with Crippen LogP contribution in [0.15, 0.2) is 6.07 Å². The van der Waals surface area contributed by atoms with Crippen molar-refractivity contribution in [1.29, 1.82) is 0 Å². The normalized spacial score (nSPS) is 18.4. The van der Waals surface area contributed by atoms with E-state index in [0.29, 0.717) is 0 Å². The van der Waals surface area contributed by atoms with Crippen LogP contribution in [0.4, 0.5) is 0 Å². The molecule has 1 saturated carbocycles. The lowest BCUT2D eigenvalue weighted by molar-refractivity contribution is -0.129. The number of aryl methyl sites for hydroxylation is 2. The van der Waals surface area contributed by atoms with E-state index in [9.17, 15) is 4.79 Å². The van der Waals surface area contributed by atoms with Gasteiger partial charge in [-0.3, -0.25) is 4.79 Å². The van der Waals surface area contributed by atoms with Crippen LogP contribution in [0.25, 0.3) is 0 Å². The molecule has 1 aromatic heterocycles. The number of thiophene rings is 1. The highest BCUT2D eigenvalue weighted by Crippen LogP contribution is 2.31. The summed E-state index contributed by atoms with van der Waals surface area (Å²) in [5, 5.41) is 3.04. The molecule has 1 aliphatic carbocycles. The maximum absolute atomic E-state index is 12.0. The van der Waals surface area contributed by atoms with Gasteiger partial charge in [0.05, 0.1) is 11.6 Å². The second-order valence-corrected chi connectivity index (χ2v) is 6.53. The molecule has 0 aliphatic heterocycles. The average Bonchev–Trinajstić information content (AvgIpc) is 2.54. The van der Waals surface area contributed by atoms with E-state index in [4.69, 9.17) is 5.73 Å². The first-order valence-electron chi connectivity index (χ1n) is 6.09. The lowest BCUT2D eigenvalue weighted by atomic mass is 9.77. The zero-order valence-electron chi connectivity index (χ0n) is 11.1. The molecule has 3 nitrogen and oxygen atoms in total. The van der Waals surface area contributed by atoms with E-state index < -0.39 is 5.54 Å². The minimum absolute atomic E-state index is 0. The maximum Gasteiger partial charge on any atom is 0.240 e. The predicted molar refractivity (Wildman–Crippen MR) is 78.4 cm³/mol. The molecular weight excluding hydrogens is 268 g/mol. The van der Waals surface area contributed by atoms with Crippen molar-refractivity contribution in [3.63, 3.8) is 0 Å². The van der Waals surface area contributed by atoms with Gasteiger partial charge in [-0.1, -0.05) is 0 Å². The molecule has 3 N–H and O–H groups in total. The Morgan fingerprint density at radius 2 is 2.11 bits per heavy atom. The molecule has 0 saturated heterocycles. The molecule has 18 heavy (non-hydrogen) atoms. The van der Waals surface area contributed by atoms with E-state index in [1.807, 2.05) is 6.92 Å². The highest BCUT2D eigenvalue weighted by atomic mass is 35.5. The molecule has 0 radical (unpaired) electrons. The molecule has 5 heteroatoms. The quantitative estimate of drug-likeness (QED) is 0.898. The molecule has 1 heterocycles. The van der Waals surface area contributed by atoms with E-state index in [0.717, 1.165) is 19.3 Å². The topological polar surface area (TPSA) is 55.1 Å². The van der Waals surface area contributed by atoms with Crippen LogP contribution in [0.3, 0.4) is 0 Å². The lowest BCUT2D eigenvalue weighted by Gasteiger charge is -2.37. The van der Waals surface area contributed by atoms with Crippen LogP contribution >= 0.6 is 23.7 Å². The summed E-state index contributed by atoms with van der Waals surface area (Å²) < 4.78 is 0. The van der Waals surface area contributed by atoms with Gasteiger partial charge in [0.15, 0.2) is 0 Å². The van der Waals surface area contributed by atoms with Crippen molar-refractivity contribution < 1.29 is 4.79 Å². The van der Waals surface area contributed by atoms with Crippen LogP contribution < -0.4 is 11.1 Å². The van der Waals surface area contributed by atoms with E-state index in [1.165, 1.54) is 15.3 Å². The number of nitrogens with two attached hydrogens (primary N) is 1. The van der Waals surface area contributed by atoms with Crippen LogP contribution in [-0.2, 0) is 4.79 Å². The summed E-state index contributed by atoms with van der Waals surface area (Å²) in [6, 6.07) is 2.20. The molecule has 0 bridgehead atoms. The zero-order valence-corrected chi connectivity index (χ0v) is 12.7. The van der Waals surface area contributed by atoms with Gasteiger partial charge in [0.25, 0.3) is 0 Å². The number of hydrogen-bond donors (Lipinski definition) is 2. The van der Waals surface area contributed by atoms with Crippen molar-refractivity contribution in [1.82, 2.24) is 5.32 Å². The monoisotopic (exact) mass is 288 g/mol. The van der Waals surface area contributed by atoms with Gasteiger partial charge in [-0.2, -0.15) is 0 Å². The van der Waals surface area contributed by atoms with Crippen molar-refractivity contribution in [3.05, 3.63) is 21.4 Å². The molecule has 0 aromatic carbocycles. The van der Waals surface area contributed by atoms with Crippen molar-refractivity contribution in [2.24, 2.45) is 5.73 Å². The largest absolute Gasteiger partial charge is 0.348 e. The molecule has 102 valence electrons. The number of carbonyl (C=O) groups excluding carboxylic acids is 1. The van der Waals surface area contributed by atoms with E-state index in [1.54, 1.807) is 11.3 Å². The number of nitrogens with one attached hydrogen (secondary N) is 1. The average molecular weight is 289 g/mol. The Morgan fingerprint density at radius 3 is 2.50 bits per heavy atom. The molecule has 2 rings (SSSR count). The van der Waals surface area contributed by atoms with Crippen LogP contribution in [-0.4, -0.2) is 11.4 Å². The lowest BCUT2D eigenvalue weighted by Crippen LogP contribution is -2.58. The van der Waals surface area contributed by atoms with Gasteiger partial charge < -0.3 is 11.1 Å². The fourth-order valence-corrected chi connectivity index (χ4v) is 3.31. The third kappa shape index (κ3) is 2.87. The van der Waals surface area contributed by atoms with E-state index >= 15 is 0 Å². The zero-order chi connectivity index (χ0) is 12.6. The standard InChI is InChI=1S/C13H20N2OS.ClH/c1-8-7-11(10(3)17-8)9(2)15-12(16)13(14)5-4-6-13;/h7,9H,4-6,14H2,1-3H3,(H,15,16);1H. The Hall–Kier alpha value is -0.580. The minimum atomic E-state index is -0.604. The molecule has 1 aliphatic rings.